The molecule has 0 atom stereocenters. The molecule has 0 bridgehead atoms. The zero-order valence-corrected chi connectivity index (χ0v) is 11.8. The van der Waals surface area contributed by atoms with E-state index in [1.165, 1.54) is 0 Å². The smallest absolute Gasteiger partial charge is 0.179 e. The Bertz CT molecular complexity index is 596. The molecule has 0 spiro atoms. The van der Waals surface area contributed by atoms with Gasteiger partial charge in [-0.05, 0) is 18.1 Å². The summed E-state index contributed by atoms with van der Waals surface area (Å²) in [6, 6.07) is 1.82. The molecule has 0 radical (unpaired) electrons. The van der Waals surface area contributed by atoms with Crippen LogP contribution in [0, 0.1) is 0 Å². The van der Waals surface area contributed by atoms with E-state index in [1.54, 1.807) is 20.4 Å². The van der Waals surface area contributed by atoms with Gasteiger partial charge in [-0.1, -0.05) is 18.5 Å². The number of aromatic nitrogens is 2. The second kappa shape index (κ2) is 5.40. The van der Waals surface area contributed by atoms with E-state index in [-0.39, 0.29) is 0 Å². The third-order valence-electron chi connectivity index (χ3n) is 3.01. The van der Waals surface area contributed by atoms with Crippen molar-refractivity contribution in [2.75, 3.05) is 20.0 Å². The van der Waals surface area contributed by atoms with E-state index in [1.807, 2.05) is 13.0 Å². The maximum Gasteiger partial charge on any atom is 0.179 e. The van der Waals surface area contributed by atoms with Gasteiger partial charge in [0.15, 0.2) is 11.5 Å². The highest BCUT2D eigenvalue weighted by Crippen LogP contribution is 2.44. The fraction of sp³-hybridized carbons (Fsp3) is 0.308. The molecule has 0 unspecified atom stereocenters. The van der Waals surface area contributed by atoms with Gasteiger partial charge in [-0.15, -0.1) is 0 Å². The van der Waals surface area contributed by atoms with E-state index < -0.39 is 0 Å². The second-order valence-corrected chi connectivity index (χ2v) is 4.41. The molecule has 5 nitrogen and oxygen atoms in total. The van der Waals surface area contributed by atoms with E-state index in [0.717, 1.165) is 23.1 Å². The number of benzene rings is 1. The first-order valence-corrected chi connectivity index (χ1v) is 6.24. The Balaban J connectivity index is 2.75. The maximum atomic E-state index is 6.24. The van der Waals surface area contributed by atoms with Gasteiger partial charge in [0.2, 0.25) is 0 Å². The minimum Gasteiger partial charge on any atom is -0.492 e. The summed E-state index contributed by atoms with van der Waals surface area (Å²) in [7, 11) is 3.16. The van der Waals surface area contributed by atoms with E-state index in [4.69, 9.17) is 26.8 Å². The van der Waals surface area contributed by atoms with Crippen LogP contribution in [0.2, 0.25) is 5.02 Å². The molecule has 0 fully saturated rings. The van der Waals surface area contributed by atoms with Crippen LogP contribution in [-0.4, -0.2) is 24.4 Å². The molecule has 2 aromatic rings. The Labute approximate surface area is 116 Å². The number of nitrogens with two attached hydrogens (primary N) is 1. The molecular weight excluding hydrogens is 266 g/mol. The molecule has 19 heavy (non-hydrogen) atoms. The third kappa shape index (κ3) is 2.21. The average Bonchev–Trinajstić information content (AvgIpc) is 2.83. The zero-order valence-electron chi connectivity index (χ0n) is 11.1. The first kappa shape index (κ1) is 13.5. The molecule has 0 aliphatic carbocycles. The van der Waals surface area contributed by atoms with Gasteiger partial charge < -0.3 is 15.2 Å². The highest BCUT2D eigenvalue weighted by molar-refractivity contribution is 6.32. The van der Waals surface area contributed by atoms with Crippen molar-refractivity contribution < 1.29 is 9.47 Å². The Hall–Kier alpha value is -1.88. The minimum absolute atomic E-state index is 0.479. The van der Waals surface area contributed by atoms with E-state index in [0.29, 0.717) is 22.3 Å². The number of nitrogens with one attached hydrogen (secondary N) is 1. The highest BCUT2D eigenvalue weighted by Gasteiger charge is 2.20. The summed E-state index contributed by atoms with van der Waals surface area (Å²) in [4.78, 5) is 0. The van der Waals surface area contributed by atoms with Gasteiger partial charge in [0.25, 0.3) is 0 Å². The lowest BCUT2D eigenvalue weighted by Crippen LogP contribution is -1.99. The summed E-state index contributed by atoms with van der Waals surface area (Å²) in [6.07, 6.45) is 2.43. The number of nitrogen functional groups attached to an aromatic ring is 1. The third-order valence-corrected chi connectivity index (χ3v) is 3.29. The number of aromatic amines is 1. The van der Waals surface area contributed by atoms with E-state index >= 15 is 0 Å². The van der Waals surface area contributed by atoms with Crippen LogP contribution in [0.4, 0.5) is 5.82 Å². The Morgan fingerprint density at radius 1 is 1.26 bits per heavy atom. The van der Waals surface area contributed by atoms with Crippen LogP contribution in [-0.2, 0) is 6.42 Å². The lowest BCUT2D eigenvalue weighted by Gasteiger charge is -2.17. The fourth-order valence-corrected chi connectivity index (χ4v) is 2.43. The number of rotatable bonds is 4. The molecule has 0 saturated heterocycles. The van der Waals surface area contributed by atoms with Gasteiger partial charge >= 0.3 is 0 Å². The van der Waals surface area contributed by atoms with Crippen LogP contribution >= 0.6 is 11.6 Å². The Morgan fingerprint density at radius 3 is 2.42 bits per heavy atom. The van der Waals surface area contributed by atoms with Crippen molar-refractivity contribution in [2.24, 2.45) is 0 Å². The van der Waals surface area contributed by atoms with Crippen LogP contribution in [0.15, 0.2) is 12.3 Å². The molecule has 3 N–H and O–H groups in total. The molecule has 1 heterocycles. The molecule has 1 aromatic carbocycles. The summed E-state index contributed by atoms with van der Waals surface area (Å²) >= 11 is 6.24. The quantitative estimate of drug-likeness (QED) is 0.904. The SMILES string of the molecule is CCc1c(-c2cn[nH]c2N)cc(Cl)c(OC)c1OC. The summed E-state index contributed by atoms with van der Waals surface area (Å²) in [6.45, 7) is 2.03. The monoisotopic (exact) mass is 281 g/mol. The number of H-pyrrole nitrogens is 1. The van der Waals surface area contributed by atoms with Gasteiger partial charge in [-0.3, -0.25) is 5.10 Å². The van der Waals surface area contributed by atoms with Crippen LogP contribution in [0.3, 0.4) is 0 Å². The summed E-state index contributed by atoms with van der Waals surface area (Å²) < 4.78 is 10.7. The number of hydrogen-bond acceptors (Lipinski definition) is 4. The number of hydrogen-bond donors (Lipinski definition) is 2. The van der Waals surface area contributed by atoms with Gasteiger partial charge in [0, 0.05) is 11.1 Å². The van der Waals surface area contributed by atoms with E-state index in [2.05, 4.69) is 10.2 Å². The number of halogens is 1. The van der Waals surface area contributed by atoms with Crippen molar-refractivity contribution >= 4 is 17.4 Å². The average molecular weight is 282 g/mol. The molecular formula is C13H16ClN3O2. The van der Waals surface area contributed by atoms with Crippen molar-refractivity contribution in [3.8, 4) is 22.6 Å². The standard InChI is InChI=1S/C13H16ClN3O2/c1-4-7-8(9-6-16-17-13(9)15)5-10(14)12(19-3)11(7)18-2/h5-6H,4H2,1-3H3,(H3,15,16,17). The molecule has 6 heteroatoms. The molecule has 0 aliphatic rings. The molecule has 0 amide bonds. The van der Waals surface area contributed by atoms with Crippen molar-refractivity contribution in [1.82, 2.24) is 10.2 Å². The largest absolute Gasteiger partial charge is 0.492 e. The van der Waals surface area contributed by atoms with Gasteiger partial charge in [-0.25, -0.2) is 0 Å². The van der Waals surface area contributed by atoms with Crippen LogP contribution in [0.5, 0.6) is 11.5 Å². The molecule has 0 aliphatic heterocycles. The normalized spacial score (nSPS) is 10.5. The Kier molecular flexibility index (Phi) is 3.85. The van der Waals surface area contributed by atoms with Gasteiger partial charge in [-0.2, -0.15) is 5.10 Å². The molecule has 2 rings (SSSR count). The topological polar surface area (TPSA) is 73.2 Å². The first-order chi connectivity index (χ1) is 9.13. The molecule has 1 aromatic heterocycles. The van der Waals surface area contributed by atoms with Crippen molar-refractivity contribution in [2.45, 2.75) is 13.3 Å². The summed E-state index contributed by atoms with van der Waals surface area (Å²) in [5, 5.41) is 7.13. The van der Waals surface area contributed by atoms with Crippen LogP contribution in [0.25, 0.3) is 11.1 Å². The van der Waals surface area contributed by atoms with Crippen molar-refractivity contribution in [1.29, 1.82) is 0 Å². The van der Waals surface area contributed by atoms with Gasteiger partial charge in [0.05, 0.1) is 25.4 Å². The molecule has 0 saturated carbocycles. The second-order valence-electron chi connectivity index (χ2n) is 4.00. The maximum absolute atomic E-state index is 6.24. The predicted octanol–water partition coefficient (Wildman–Crippen LogP) is 2.89. The number of nitrogens with zero attached hydrogens (tertiary/aromatic N) is 1. The van der Waals surface area contributed by atoms with Crippen molar-refractivity contribution in [3.63, 3.8) is 0 Å². The van der Waals surface area contributed by atoms with E-state index in [9.17, 15) is 0 Å². The fourth-order valence-electron chi connectivity index (χ4n) is 2.16. The minimum atomic E-state index is 0.479. The summed E-state index contributed by atoms with van der Waals surface area (Å²) in [5.74, 6) is 1.66. The van der Waals surface area contributed by atoms with Gasteiger partial charge in [0.1, 0.15) is 5.82 Å². The number of ether oxygens (including phenoxy) is 2. The highest BCUT2D eigenvalue weighted by atomic mass is 35.5. The number of methoxy groups -OCH3 is 2. The lowest BCUT2D eigenvalue weighted by molar-refractivity contribution is 0.352. The number of anilines is 1. The summed E-state index contributed by atoms with van der Waals surface area (Å²) in [5.41, 5.74) is 8.56. The molecule has 102 valence electrons. The first-order valence-electron chi connectivity index (χ1n) is 5.86. The van der Waals surface area contributed by atoms with Crippen LogP contribution < -0.4 is 15.2 Å². The zero-order chi connectivity index (χ0) is 14.0. The van der Waals surface area contributed by atoms with Crippen LogP contribution in [0.1, 0.15) is 12.5 Å². The van der Waals surface area contributed by atoms with Crippen molar-refractivity contribution in [3.05, 3.63) is 22.8 Å². The lowest BCUT2D eigenvalue weighted by atomic mass is 9.98. The predicted molar refractivity (Wildman–Crippen MR) is 75.9 cm³/mol. The Morgan fingerprint density at radius 2 is 1.95 bits per heavy atom.